The zero-order valence-corrected chi connectivity index (χ0v) is 57.2. The molecule has 0 heterocycles. The van der Waals surface area contributed by atoms with Crippen LogP contribution in [-0.2, 0) is 33.3 Å². The minimum atomic E-state index is -1.64. The van der Waals surface area contributed by atoms with Crippen LogP contribution in [0.3, 0.4) is 0 Å². The van der Waals surface area contributed by atoms with Gasteiger partial charge in [0.1, 0.15) is 13.2 Å². The molecule has 89 heavy (non-hydrogen) atoms. The van der Waals surface area contributed by atoms with Gasteiger partial charge in [-0.3, -0.25) is 9.59 Å². The van der Waals surface area contributed by atoms with E-state index in [9.17, 15) is 19.5 Å². The van der Waals surface area contributed by atoms with Crippen molar-refractivity contribution in [2.24, 2.45) is 0 Å². The Morgan fingerprint density at radius 1 is 0.337 bits per heavy atom. The third kappa shape index (κ3) is 70.0. The zero-order valence-electron chi connectivity index (χ0n) is 57.2. The predicted octanol–water partition coefficient (Wildman–Crippen LogP) is 20.9. The van der Waals surface area contributed by atoms with E-state index in [1.54, 1.807) is 0 Å². The summed E-state index contributed by atoms with van der Waals surface area (Å²) in [5.41, 5.74) is 0. The molecule has 0 aromatic rings. The van der Waals surface area contributed by atoms with Gasteiger partial charge in [-0.1, -0.05) is 287 Å². The summed E-state index contributed by atoms with van der Waals surface area (Å²) in [5.74, 6) is -2.35. The third-order valence-electron chi connectivity index (χ3n) is 14.5. The molecule has 2 atom stereocenters. The molecular formula is C80H129NO8. The first-order valence-corrected chi connectivity index (χ1v) is 35.3. The molecule has 9 nitrogen and oxygen atoms in total. The van der Waals surface area contributed by atoms with Crippen molar-refractivity contribution in [1.29, 1.82) is 0 Å². The van der Waals surface area contributed by atoms with Crippen molar-refractivity contribution in [3.8, 4) is 0 Å². The van der Waals surface area contributed by atoms with Crippen molar-refractivity contribution in [3.63, 3.8) is 0 Å². The summed E-state index contributed by atoms with van der Waals surface area (Å²) in [6, 6.07) is 0. The van der Waals surface area contributed by atoms with E-state index in [2.05, 4.69) is 184 Å². The number of hydrogen-bond acceptors (Lipinski definition) is 8. The number of carboxylic acids is 1. The minimum absolute atomic E-state index is 0.131. The van der Waals surface area contributed by atoms with Crippen LogP contribution in [0.1, 0.15) is 258 Å². The van der Waals surface area contributed by atoms with Gasteiger partial charge >= 0.3 is 11.9 Å². The number of esters is 2. The zero-order chi connectivity index (χ0) is 64.7. The van der Waals surface area contributed by atoms with E-state index in [1.807, 2.05) is 21.1 Å². The lowest BCUT2D eigenvalue weighted by atomic mass is 10.0. The van der Waals surface area contributed by atoms with Crippen molar-refractivity contribution < 1.29 is 42.9 Å². The molecule has 2 unspecified atom stereocenters. The van der Waals surface area contributed by atoms with Gasteiger partial charge in [-0.05, 0) is 128 Å². The van der Waals surface area contributed by atoms with Gasteiger partial charge in [-0.25, -0.2) is 0 Å². The fourth-order valence-corrected chi connectivity index (χ4v) is 9.14. The van der Waals surface area contributed by atoms with E-state index in [1.165, 1.54) is 103 Å². The molecule has 0 bridgehead atoms. The van der Waals surface area contributed by atoms with E-state index in [0.717, 1.165) is 122 Å². The second-order valence-electron chi connectivity index (χ2n) is 24.1. The Hall–Kier alpha value is -5.35. The van der Waals surface area contributed by atoms with Crippen molar-refractivity contribution in [2.75, 3.05) is 47.5 Å². The normalized spacial score (nSPS) is 13.8. The first-order valence-electron chi connectivity index (χ1n) is 35.3. The van der Waals surface area contributed by atoms with E-state index in [4.69, 9.17) is 18.9 Å². The molecule has 0 radical (unpaired) electrons. The summed E-state index contributed by atoms with van der Waals surface area (Å²) < 4.78 is 22.7. The number of carbonyl (C=O) groups is 3. The van der Waals surface area contributed by atoms with Gasteiger partial charge in [-0.2, -0.15) is 0 Å². The quantitative estimate of drug-likeness (QED) is 0.0195. The van der Waals surface area contributed by atoms with Crippen molar-refractivity contribution in [3.05, 3.63) is 170 Å². The molecule has 0 aliphatic carbocycles. The Morgan fingerprint density at radius 3 is 0.921 bits per heavy atom. The summed E-state index contributed by atoms with van der Waals surface area (Å²) in [6.07, 6.45) is 100. The highest BCUT2D eigenvalue weighted by Crippen LogP contribution is 2.16. The Balaban J connectivity index is 4.18. The summed E-state index contributed by atoms with van der Waals surface area (Å²) in [6.45, 7) is 4.46. The minimum Gasteiger partial charge on any atom is -0.545 e. The van der Waals surface area contributed by atoms with Gasteiger partial charge in [0.15, 0.2) is 12.4 Å². The molecule has 0 fully saturated rings. The number of carbonyl (C=O) groups excluding carboxylic acids is 3. The maximum Gasteiger partial charge on any atom is 0.306 e. The lowest BCUT2D eigenvalue weighted by molar-refractivity contribution is -0.870. The summed E-state index contributed by atoms with van der Waals surface area (Å²) in [5, 5.41) is 11.8. The number of rotatable bonds is 63. The molecule has 0 rings (SSSR count). The smallest absolute Gasteiger partial charge is 0.306 e. The first-order chi connectivity index (χ1) is 43.6. The molecule has 9 heteroatoms. The average Bonchev–Trinajstić information content (AvgIpc) is 3.64. The summed E-state index contributed by atoms with van der Waals surface area (Å²) >= 11 is 0. The largest absolute Gasteiger partial charge is 0.545 e. The highest BCUT2D eigenvalue weighted by Gasteiger charge is 2.22. The Bertz CT molecular complexity index is 2070. The van der Waals surface area contributed by atoms with E-state index >= 15 is 0 Å². The summed E-state index contributed by atoms with van der Waals surface area (Å²) in [4.78, 5) is 37.5. The Labute approximate surface area is 546 Å². The molecule has 0 saturated heterocycles. The van der Waals surface area contributed by atoms with Crippen LogP contribution in [-0.4, -0.2) is 82.3 Å². The number of allylic oxidation sites excluding steroid dienone is 28. The number of hydrogen-bond donors (Lipinski definition) is 0. The molecule has 0 aliphatic rings. The fraction of sp³-hybridized carbons (Fsp3) is 0.613. The molecule has 0 saturated carbocycles. The number of nitrogens with zero attached hydrogens (tertiary/aromatic N) is 1. The highest BCUT2D eigenvalue weighted by atomic mass is 16.7. The van der Waals surface area contributed by atoms with Crippen LogP contribution < -0.4 is 5.11 Å². The summed E-state index contributed by atoms with van der Waals surface area (Å²) in [7, 11) is 5.90. The van der Waals surface area contributed by atoms with Crippen LogP contribution in [0, 0.1) is 0 Å². The van der Waals surface area contributed by atoms with Gasteiger partial charge in [0, 0.05) is 12.8 Å². The SMILES string of the molecule is CC/C=C\C/C=C\C/C=C\C/C=C\C/C=C\C/C=C\C/C=C\C/C=C\CCCCC(=O)OC(COC(=O)CCCCCCCCCCCCCCCCCCCC/C=C\C/C=C\C/C=C\C/C=C\C/C=C\C/C=C\CC)COC(OCC[N+](C)(C)C)C(=O)[O-]. The van der Waals surface area contributed by atoms with Gasteiger partial charge in [0.2, 0.25) is 0 Å². The topological polar surface area (TPSA) is 111 Å². The van der Waals surface area contributed by atoms with Gasteiger partial charge in [0.25, 0.3) is 0 Å². The molecular weight excluding hydrogens is 1100 g/mol. The maximum atomic E-state index is 12.9. The fourth-order valence-electron chi connectivity index (χ4n) is 9.14. The molecule has 0 aromatic heterocycles. The third-order valence-corrected chi connectivity index (χ3v) is 14.5. The van der Waals surface area contributed by atoms with Crippen LogP contribution in [0.15, 0.2) is 170 Å². The van der Waals surface area contributed by atoms with Crippen LogP contribution in [0.2, 0.25) is 0 Å². The maximum absolute atomic E-state index is 12.9. The van der Waals surface area contributed by atoms with E-state index < -0.39 is 24.3 Å². The Morgan fingerprint density at radius 2 is 0.607 bits per heavy atom. The standard InChI is InChI=1S/C80H129NO8/c1-6-8-10-12-14-16-18-20-22-24-26-28-30-32-34-35-36-37-38-39-40-41-42-43-45-46-48-50-52-54-56-58-60-62-64-66-68-70-77(82)87-74-76(75-88-80(79(84)85)86-73-72-81(3,4)5)89-78(83)71-69-67-65-63-61-59-57-55-53-51-49-47-44-33-31-29-27-25-23-21-19-17-15-13-11-9-7-2/h8-11,14-17,20-23,26-29,32-34,36-37,44,49,51,55,57,61,63,76,80H,6-7,12-13,18-19,24-25,30-31,35,38-43,45-48,50,52-54,56,58-60,62,64-75H2,1-5H3/b10-8-,11-9-,16-14-,17-15-,22-20-,23-21-,28-26-,29-27-,34-32-,37-36-,44-33-,51-49-,57-55-,63-61-. The van der Waals surface area contributed by atoms with E-state index in [-0.39, 0.29) is 38.6 Å². The van der Waals surface area contributed by atoms with Crippen molar-refractivity contribution in [1.82, 2.24) is 0 Å². The van der Waals surface area contributed by atoms with Gasteiger partial charge in [0.05, 0.1) is 40.3 Å². The van der Waals surface area contributed by atoms with Gasteiger partial charge in [-0.15, -0.1) is 0 Å². The number of ether oxygens (including phenoxy) is 4. The molecule has 0 N–H and O–H groups in total. The number of carboxylic acid groups (broad SMARTS) is 1. The first kappa shape index (κ1) is 83.7. The van der Waals surface area contributed by atoms with Crippen LogP contribution in [0.5, 0.6) is 0 Å². The average molecular weight is 1230 g/mol. The number of unbranched alkanes of at least 4 members (excludes halogenated alkanes) is 20. The van der Waals surface area contributed by atoms with Crippen LogP contribution >= 0.6 is 0 Å². The predicted molar refractivity (Wildman–Crippen MR) is 379 cm³/mol. The second-order valence-corrected chi connectivity index (χ2v) is 24.1. The lowest BCUT2D eigenvalue weighted by Gasteiger charge is -2.26. The molecule has 502 valence electrons. The number of likely N-dealkylation sites (N-methyl/N-ethyl adjacent to an activating group) is 1. The van der Waals surface area contributed by atoms with Gasteiger partial charge < -0.3 is 33.3 Å². The highest BCUT2D eigenvalue weighted by molar-refractivity contribution is 5.70. The van der Waals surface area contributed by atoms with Crippen molar-refractivity contribution in [2.45, 2.75) is 270 Å². The van der Waals surface area contributed by atoms with Crippen LogP contribution in [0.4, 0.5) is 0 Å². The molecule has 0 aromatic carbocycles. The Kier molecular flexibility index (Phi) is 64.4. The molecule has 0 amide bonds. The molecule has 0 aliphatic heterocycles. The second kappa shape index (κ2) is 68.6. The van der Waals surface area contributed by atoms with Crippen molar-refractivity contribution >= 4 is 17.9 Å². The molecule has 0 spiro atoms. The lowest BCUT2D eigenvalue weighted by Crippen LogP contribution is -2.44. The van der Waals surface area contributed by atoms with Crippen LogP contribution in [0.25, 0.3) is 0 Å². The number of quaternary nitrogens is 1. The monoisotopic (exact) mass is 1230 g/mol. The number of aliphatic carboxylic acids is 1. The van der Waals surface area contributed by atoms with E-state index in [0.29, 0.717) is 17.4 Å².